The lowest BCUT2D eigenvalue weighted by atomic mass is 10.2. The fourth-order valence-corrected chi connectivity index (χ4v) is 1.01. The molecule has 1 aliphatic heterocycles. The topological polar surface area (TPSA) is 47.9 Å². The number of hydrogen-bond donors (Lipinski definition) is 2. The van der Waals surface area contributed by atoms with Crippen LogP contribution in [0, 0.1) is 0 Å². The summed E-state index contributed by atoms with van der Waals surface area (Å²) >= 11 is 0. The van der Waals surface area contributed by atoms with Crippen molar-refractivity contribution in [3.8, 4) is 0 Å². The van der Waals surface area contributed by atoms with Gasteiger partial charge in [-0.2, -0.15) is 0 Å². The highest BCUT2D eigenvalue weighted by Gasteiger charge is 2.13. The second-order valence-electron chi connectivity index (χ2n) is 2.96. The maximum Gasteiger partial charge on any atom is 0.200 e. The Labute approximate surface area is 72.6 Å². The lowest BCUT2D eigenvalue weighted by Gasteiger charge is -2.22. The van der Waals surface area contributed by atoms with Crippen molar-refractivity contribution in [1.82, 2.24) is 10.2 Å². The molecule has 0 atom stereocenters. The molecule has 2 N–H and O–H groups in total. The molecular weight excluding hydrogens is 154 g/mol. The third-order valence-corrected chi connectivity index (χ3v) is 1.84. The Kier molecular flexibility index (Phi) is 2.58. The van der Waals surface area contributed by atoms with Gasteiger partial charge in [-0.25, -0.2) is 4.99 Å². The van der Waals surface area contributed by atoms with Crippen LogP contribution in [0.2, 0.25) is 0 Å². The van der Waals surface area contributed by atoms with Gasteiger partial charge in [-0.05, 0) is 6.42 Å². The van der Waals surface area contributed by atoms with E-state index in [1.165, 1.54) is 0 Å². The van der Waals surface area contributed by atoms with Crippen LogP contribution in [0.15, 0.2) is 16.4 Å². The number of aliphatic imine (C=N–C) groups is 1. The van der Waals surface area contributed by atoms with Crippen molar-refractivity contribution < 1.29 is 5.11 Å². The van der Waals surface area contributed by atoms with Crippen molar-refractivity contribution in [3.05, 3.63) is 11.5 Å². The maximum absolute atomic E-state index is 9.45. The largest absolute Gasteiger partial charge is 0.494 e. The molecule has 0 aromatic carbocycles. The van der Waals surface area contributed by atoms with E-state index in [2.05, 4.69) is 10.3 Å². The van der Waals surface area contributed by atoms with Gasteiger partial charge in [0, 0.05) is 19.7 Å². The van der Waals surface area contributed by atoms with Crippen molar-refractivity contribution in [2.45, 2.75) is 13.3 Å². The van der Waals surface area contributed by atoms with E-state index in [1.54, 1.807) is 0 Å². The number of nitrogens with zero attached hydrogens (tertiary/aromatic N) is 2. The Morgan fingerprint density at radius 1 is 1.58 bits per heavy atom. The Morgan fingerprint density at radius 3 is 2.67 bits per heavy atom. The standard InChI is InChI=1S/C8H15N3O/c1-4-6-5-9-8(11(2)3)10-7(6)12/h12H,4-5H2,1-3H3,(H,9,10). The normalized spacial score (nSPS) is 17.1. The highest BCUT2D eigenvalue weighted by Crippen LogP contribution is 2.09. The molecule has 4 heteroatoms. The summed E-state index contributed by atoms with van der Waals surface area (Å²) in [4.78, 5) is 6.08. The fourth-order valence-electron chi connectivity index (χ4n) is 1.01. The third kappa shape index (κ3) is 1.69. The summed E-state index contributed by atoms with van der Waals surface area (Å²) in [6.07, 6.45) is 0.836. The number of guanidine groups is 1. The van der Waals surface area contributed by atoms with Gasteiger partial charge in [-0.3, -0.25) is 5.32 Å². The van der Waals surface area contributed by atoms with Crippen LogP contribution in [0.3, 0.4) is 0 Å². The first-order chi connectivity index (χ1) is 5.65. The molecular formula is C8H15N3O. The zero-order chi connectivity index (χ0) is 9.14. The SMILES string of the molecule is CCC1=C(O)NC(N(C)C)=NC1. The molecule has 0 radical (unpaired) electrons. The van der Waals surface area contributed by atoms with E-state index >= 15 is 0 Å². The predicted octanol–water partition coefficient (Wildman–Crippen LogP) is 0.687. The van der Waals surface area contributed by atoms with Crippen LogP contribution in [0.1, 0.15) is 13.3 Å². The lowest BCUT2D eigenvalue weighted by Crippen LogP contribution is -2.39. The van der Waals surface area contributed by atoms with Crippen molar-refractivity contribution in [1.29, 1.82) is 0 Å². The summed E-state index contributed by atoms with van der Waals surface area (Å²) in [5.74, 6) is 0.973. The van der Waals surface area contributed by atoms with Gasteiger partial charge in [0.2, 0.25) is 5.96 Å². The van der Waals surface area contributed by atoms with Crippen molar-refractivity contribution >= 4 is 5.96 Å². The Bertz CT molecular complexity index is 230. The highest BCUT2D eigenvalue weighted by molar-refractivity contribution is 5.82. The number of nitrogens with one attached hydrogen (secondary N) is 1. The minimum Gasteiger partial charge on any atom is -0.494 e. The zero-order valence-electron chi connectivity index (χ0n) is 7.76. The van der Waals surface area contributed by atoms with E-state index in [0.29, 0.717) is 12.5 Å². The lowest BCUT2D eigenvalue weighted by molar-refractivity contribution is 0.365. The third-order valence-electron chi connectivity index (χ3n) is 1.84. The van der Waals surface area contributed by atoms with Crippen molar-refractivity contribution in [3.63, 3.8) is 0 Å². The van der Waals surface area contributed by atoms with Gasteiger partial charge in [-0.1, -0.05) is 6.92 Å². The summed E-state index contributed by atoms with van der Waals surface area (Å²) in [5, 5.41) is 12.3. The zero-order valence-corrected chi connectivity index (χ0v) is 7.76. The molecule has 1 aliphatic rings. The molecule has 1 rings (SSSR count). The van der Waals surface area contributed by atoms with Gasteiger partial charge in [-0.15, -0.1) is 0 Å². The van der Waals surface area contributed by atoms with E-state index in [0.717, 1.165) is 12.0 Å². The van der Waals surface area contributed by atoms with Gasteiger partial charge in [0.05, 0.1) is 6.54 Å². The monoisotopic (exact) mass is 169 g/mol. The average Bonchev–Trinajstić information content (AvgIpc) is 2.04. The molecule has 1 heterocycles. The maximum atomic E-state index is 9.45. The number of aliphatic hydroxyl groups excluding tert-OH is 1. The predicted molar refractivity (Wildman–Crippen MR) is 49.1 cm³/mol. The molecule has 0 aliphatic carbocycles. The molecule has 0 spiro atoms. The van der Waals surface area contributed by atoms with Crippen molar-refractivity contribution in [2.24, 2.45) is 4.99 Å². The number of aliphatic hydroxyl groups is 1. The summed E-state index contributed by atoms with van der Waals surface area (Å²) < 4.78 is 0. The number of hydrogen-bond acceptors (Lipinski definition) is 4. The van der Waals surface area contributed by atoms with E-state index in [9.17, 15) is 5.11 Å². The minimum atomic E-state index is 0.260. The minimum absolute atomic E-state index is 0.260. The van der Waals surface area contributed by atoms with Gasteiger partial charge in [0.15, 0.2) is 5.88 Å². The van der Waals surface area contributed by atoms with Crippen LogP contribution in [0.25, 0.3) is 0 Å². The smallest absolute Gasteiger partial charge is 0.200 e. The van der Waals surface area contributed by atoms with Crippen molar-refractivity contribution in [2.75, 3.05) is 20.6 Å². The Balaban J connectivity index is 2.67. The van der Waals surface area contributed by atoms with E-state index in [-0.39, 0.29) is 5.88 Å². The fraction of sp³-hybridized carbons (Fsp3) is 0.625. The summed E-state index contributed by atoms with van der Waals surface area (Å²) in [5.41, 5.74) is 0.959. The quantitative estimate of drug-likeness (QED) is 0.607. The molecule has 12 heavy (non-hydrogen) atoms. The first-order valence-corrected chi connectivity index (χ1v) is 4.05. The molecule has 0 saturated carbocycles. The van der Waals surface area contributed by atoms with Crippen LogP contribution >= 0.6 is 0 Å². The van der Waals surface area contributed by atoms with Gasteiger partial charge >= 0.3 is 0 Å². The van der Waals surface area contributed by atoms with Crippen LogP contribution in [-0.4, -0.2) is 36.6 Å². The van der Waals surface area contributed by atoms with E-state index in [4.69, 9.17) is 0 Å². The molecule has 68 valence electrons. The van der Waals surface area contributed by atoms with Crippen LogP contribution < -0.4 is 5.32 Å². The molecule has 0 saturated heterocycles. The van der Waals surface area contributed by atoms with Gasteiger partial charge in [0.25, 0.3) is 0 Å². The first kappa shape index (κ1) is 8.90. The Hall–Kier alpha value is -1.19. The van der Waals surface area contributed by atoms with Gasteiger partial charge < -0.3 is 10.0 Å². The van der Waals surface area contributed by atoms with Crippen LogP contribution in [0.4, 0.5) is 0 Å². The molecule has 0 amide bonds. The van der Waals surface area contributed by atoms with E-state index < -0.39 is 0 Å². The van der Waals surface area contributed by atoms with Gasteiger partial charge in [0.1, 0.15) is 0 Å². The van der Waals surface area contributed by atoms with E-state index in [1.807, 2.05) is 25.9 Å². The second-order valence-corrected chi connectivity index (χ2v) is 2.96. The molecule has 0 aromatic rings. The Morgan fingerprint density at radius 2 is 2.25 bits per heavy atom. The molecule has 0 fully saturated rings. The summed E-state index contributed by atoms with van der Waals surface area (Å²) in [6.45, 7) is 2.60. The van der Waals surface area contributed by atoms with Crippen LogP contribution in [0.5, 0.6) is 0 Å². The number of rotatable bonds is 1. The molecule has 0 aromatic heterocycles. The molecule has 0 unspecified atom stereocenters. The average molecular weight is 169 g/mol. The second kappa shape index (κ2) is 3.47. The van der Waals surface area contributed by atoms with Crippen LogP contribution in [-0.2, 0) is 0 Å². The highest BCUT2D eigenvalue weighted by atomic mass is 16.3. The summed E-state index contributed by atoms with van der Waals surface area (Å²) in [6, 6.07) is 0. The summed E-state index contributed by atoms with van der Waals surface area (Å²) in [7, 11) is 3.77. The first-order valence-electron chi connectivity index (χ1n) is 4.05. The molecule has 4 nitrogen and oxygen atoms in total. The molecule has 0 bridgehead atoms.